The van der Waals surface area contributed by atoms with Crippen molar-refractivity contribution in [2.24, 2.45) is 11.0 Å². The van der Waals surface area contributed by atoms with Gasteiger partial charge in [0.15, 0.2) is 25.0 Å². The van der Waals surface area contributed by atoms with E-state index in [2.05, 4.69) is 10.0 Å². The highest BCUT2D eigenvalue weighted by Crippen LogP contribution is 2.40. The second kappa shape index (κ2) is 25.5. The second-order valence-electron chi connectivity index (χ2n) is 16.9. The Bertz CT molecular complexity index is 2220. The molecule has 3 heterocycles. The van der Waals surface area contributed by atoms with Crippen LogP contribution in [-0.2, 0) is 76.7 Å². The molecule has 3 aliphatic heterocycles. The molecule has 0 aliphatic carbocycles. The van der Waals surface area contributed by atoms with Crippen molar-refractivity contribution in [3.05, 3.63) is 154 Å². The highest BCUT2D eigenvalue weighted by Gasteiger charge is 2.55. The largest absolute Gasteiger partial charge is 0.463 e. The van der Waals surface area contributed by atoms with Gasteiger partial charge in [-0.3, -0.25) is 9.59 Å². The molecule has 17 nitrogen and oxygen atoms in total. The standard InChI is InChI=1S/C51H60N4O13/c1-34-43(53-54-52)49(59-28-18-8-17-27-55(29-37-19-9-4-10-20-37)51(58)63-31-39-23-13-6-14-24-39)65-41(32-60-35(2)56)44(34)67-50-47(64-36(3)57)46(61-30-38-21-11-5-12-22-38)45-42(66-50)33-62-48(68-45)40-25-15-7-16-26-40/h4-7,9-16,19-26,34,41-50H,8,17-18,27-33H2,1-3H3/t34-,41?,42?,43?,44+,45-,46-,47?,48?,49+,50+/m1/s1. The molecule has 362 valence electrons. The third-order valence-corrected chi connectivity index (χ3v) is 11.9. The zero-order valence-electron chi connectivity index (χ0n) is 38.6. The molecule has 3 aliphatic rings. The first-order valence-corrected chi connectivity index (χ1v) is 23.1. The van der Waals surface area contributed by atoms with Gasteiger partial charge in [0.05, 0.1) is 25.4 Å². The Morgan fingerprint density at radius 3 is 2.00 bits per heavy atom. The lowest BCUT2D eigenvalue weighted by molar-refractivity contribution is -0.382. The quantitative estimate of drug-likeness (QED) is 0.0193. The lowest BCUT2D eigenvalue weighted by Crippen LogP contribution is -2.65. The van der Waals surface area contributed by atoms with Gasteiger partial charge in [0.2, 0.25) is 0 Å². The van der Waals surface area contributed by atoms with Crippen LogP contribution in [0.2, 0.25) is 0 Å². The van der Waals surface area contributed by atoms with Gasteiger partial charge in [0, 0.05) is 44.0 Å². The fourth-order valence-corrected chi connectivity index (χ4v) is 8.51. The number of carbonyl (C=O) groups is 3. The molecular formula is C51H60N4O13. The van der Waals surface area contributed by atoms with Crippen LogP contribution in [0.3, 0.4) is 0 Å². The number of esters is 2. The van der Waals surface area contributed by atoms with Gasteiger partial charge in [-0.1, -0.05) is 133 Å². The third kappa shape index (κ3) is 14.1. The molecule has 3 saturated heterocycles. The molecule has 0 aromatic heterocycles. The molecule has 68 heavy (non-hydrogen) atoms. The molecule has 11 atom stereocenters. The summed E-state index contributed by atoms with van der Waals surface area (Å²) in [5.41, 5.74) is 13.3. The van der Waals surface area contributed by atoms with Gasteiger partial charge in [-0.15, -0.1) is 0 Å². The molecule has 0 radical (unpaired) electrons. The van der Waals surface area contributed by atoms with E-state index in [1.54, 1.807) is 4.90 Å². The summed E-state index contributed by atoms with van der Waals surface area (Å²) in [7, 11) is 0. The molecule has 7 rings (SSSR count). The Labute approximate surface area is 396 Å². The number of hydrogen-bond acceptors (Lipinski definition) is 14. The van der Waals surface area contributed by atoms with E-state index < -0.39 is 85.5 Å². The number of nitrogens with zero attached hydrogens (tertiary/aromatic N) is 4. The van der Waals surface area contributed by atoms with Crippen molar-refractivity contribution in [3.63, 3.8) is 0 Å². The van der Waals surface area contributed by atoms with E-state index in [9.17, 15) is 19.9 Å². The van der Waals surface area contributed by atoms with Crippen LogP contribution in [0.15, 0.2) is 126 Å². The lowest BCUT2D eigenvalue weighted by atomic mass is 9.88. The number of hydrogen-bond donors (Lipinski definition) is 0. The molecule has 0 saturated carbocycles. The van der Waals surface area contributed by atoms with E-state index in [1.807, 2.05) is 128 Å². The van der Waals surface area contributed by atoms with Gasteiger partial charge in [-0.05, 0) is 47.4 Å². The SMILES string of the molecule is CC(=O)OCC1O[C@H](OCCCCCN(Cc2ccccc2)C(=O)OCc2ccccc2)C(N=[N+]=[N-])[C@@H](C)[C@@H]1O[C@@H]1OC2COC(c3ccccc3)O[C@H]2[C@@H](OCc2ccccc2)C1OC(C)=O. The van der Waals surface area contributed by atoms with Crippen molar-refractivity contribution in [2.75, 3.05) is 26.4 Å². The molecule has 3 fully saturated rings. The molecule has 4 aromatic carbocycles. The minimum atomic E-state index is -1.27. The summed E-state index contributed by atoms with van der Waals surface area (Å²) in [6, 6.07) is 37.4. The first-order chi connectivity index (χ1) is 33.2. The molecule has 0 bridgehead atoms. The number of benzene rings is 4. The van der Waals surface area contributed by atoms with Crippen molar-refractivity contribution in [2.45, 2.75) is 121 Å². The fourth-order valence-electron chi connectivity index (χ4n) is 8.51. The van der Waals surface area contributed by atoms with Crippen molar-refractivity contribution in [1.29, 1.82) is 0 Å². The van der Waals surface area contributed by atoms with E-state index >= 15 is 0 Å². The molecule has 5 unspecified atom stereocenters. The van der Waals surface area contributed by atoms with Gasteiger partial charge in [-0.25, -0.2) is 4.79 Å². The second-order valence-corrected chi connectivity index (χ2v) is 16.9. The number of azide groups is 1. The number of rotatable bonds is 21. The molecule has 0 spiro atoms. The maximum Gasteiger partial charge on any atom is 0.410 e. The van der Waals surface area contributed by atoms with Crippen LogP contribution in [0, 0.1) is 5.92 Å². The monoisotopic (exact) mass is 936 g/mol. The van der Waals surface area contributed by atoms with Crippen LogP contribution in [0.25, 0.3) is 10.4 Å². The van der Waals surface area contributed by atoms with Crippen LogP contribution in [0.5, 0.6) is 0 Å². The number of carbonyl (C=O) groups excluding carboxylic acids is 3. The summed E-state index contributed by atoms with van der Waals surface area (Å²) >= 11 is 0. The Hall–Kier alpha value is -5.88. The van der Waals surface area contributed by atoms with E-state index in [-0.39, 0.29) is 33.0 Å². The maximum atomic E-state index is 13.3. The van der Waals surface area contributed by atoms with E-state index in [0.717, 1.165) is 22.3 Å². The molecule has 4 aromatic rings. The zero-order chi connectivity index (χ0) is 47.7. The first-order valence-electron chi connectivity index (χ1n) is 23.1. The number of unbranched alkanes of at least 4 members (excludes halogenated alkanes) is 2. The maximum absolute atomic E-state index is 13.3. The summed E-state index contributed by atoms with van der Waals surface area (Å²) in [4.78, 5) is 43.1. The van der Waals surface area contributed by atoms with Gasteiger partial charge >= 0.3 is 18.0 Å². The Morgan fingerprint density at radius 2 is 1.35 bits per heavy atom. The van der Waals surface area contributed by atoms with Crippen molar-refractivity contribution in [1.82, 2.24) is 4.90 Å². The van der Waals surface area contributed by atoms with Crippen molar-refractivity contribution in [3.8, 4) is 0 Å². The third-order valence-electron chi connectivity index (χ3n) is 11.9. The van der Waals surface area contributed by atoms with Crippen LogP contribution < -0.4 is 0 Å². The summed E-state index contributed by atoms with van der Waals surface area (Å²) in [6.07, 6.45) is -6.95. The zero-order valence-corrected chi connectivity index (χ0v) is 38.6. The highest BCUT2D eigenvalue weighted by molar-refractivity contribution is 5.68. The topological polar surface area (TPSA) is 196 Å². The lowest BCUT2D eigenvalue weighted by Gasteiger charge is -2.50. The highest BCUT2D eigenvalue weighted by atomic mass is 16.8. The minimum Gasteiger partial charge on any atom is -0.463 e. The van der Waals surface area contributed by atoms with Crippen molar-refractivity contribution < 1.29 is 61.8 Å². The predicted molar refractivity (Wildman–Crippen MR) is 245 cm³/mol. The summed E-state index contributed by atoms with van der Waals surface area (Å²) in [6.45, 7) is 5.64. The summed E-state index contributed by atoms with van der Waals surface area (Å²) in [5, 5.41) is 4.10. The van der Waals surface area contributed by atoms with E-state index in [0.29, 0.717) is 32.4 Å². The van der Waals surface area contributed by atoms with E-state index in [1.165, 1.54) is 13.8 Å². The van der Waals surface area contributed by atoms with Gasteiger partial charge in [-0.2, -0.15) is 0 Å². The van der Waals surface area contributed by atoms with Crippen LogP contribution in [0.1, 0.15) is 68.6 Å². The molecule has 17 heteroatoms. The van der Waals surface area contributed by atoms with Crippen LogP contribution in [-0.4, -0.2) is 105 Å². The molecule has 1 amide bonds. The van der Waals surface area contributed by atoms with Crippen LogP contribution in [0.4, 0.5) is 4.79 Å². The average Bonchev–Trinajstić information content (AvgIpc) is 3.35. The average molecular weight is 937 g/mol. The van der Waals surface area contributed by atoms with Crippen molar-refractivity contribution >= 4 is 18.0 Å². The van der Waals surface area contributed by atoms with Gasteiger partial charge in [0.1, 0.15) is 37.6 Å². The fraction of sp³-hybridized carbons (Fsp3) is 0.471. The van der Waals surface area contributed by atoms with Crippen LogP contribution >= 0.6 is 0 Å². The Balaban J connectivity index is 1.02. The Morgan fingerprint density at radius 1 is 0.706 bits per heavy atom. The van der Waals surface area contributed by atoms with E-state index in [4.69, 9.17) is 47.4 Å². The molecule has 0 N–H and O–H groups in total. The summed E-state index contributed by atoms with van der Waals surface area (Å²) < 4.78 is 62.5. The minimum absolute atomic E-state index is 0.0936. The number of amides is 1. The number of ether oxygens (including phenoxy) is 10. The summed E-state index contributed by atoms with van der Waals surface area (Å²) in [5.74, 6) is -1.77. The number of fused-ring (bicyclic) bond motifs is 1. The predicted octanol–water partition coefficient (Wildman–Crippen LogP) is 8.36. The van der Waals surface area contributed by atoms with Gasteiger partial charge < -0.3 is 52.3 Å². The van der Waals surface area contributed by atoms with Gasteiger partial charge in [0.25, 0.3) is 0 Å². The smallest absolute Gasteiger partial charge is 0.410 e. The Kier molecular flexibility index (Phi) is 18.7. The first kappa shape index (κ1) is 50.0. The molecular weight excluding hydrogens is 877 g/mol. The normalized spacial score (nSPS) is 26.6.